The first-order valence-electron chi connectivity index (χ1n) is 10.0. The number of oxazole rings is 1. The van der Waals surface area contributed by atoms with E-state index in [1.165, 1.54) is 11.3 Å². The number of ether oxygens (including phenoxy) is 1. The molecule has 8 nitrogen and oxygen atoms in total. The number of aromatic nitrogens is 2. The second-order valence-corrected chi connectivity index (χ2v) is 9.67. The first-order valence-corrected chi connectivity index (χ1v) is 10.9. The van der Waals surface area contributed by atoms with Crippen LogP contribution < -0.4 is 4.90 Å². The average molecular weight is 429 g/mol. The highest BCUT2D eigenvalue weighted by Crippen LogP contribution is 2.39. The molecule has 2 aromatic heterocycles. The zero-order valence-corrected chi connectivity index (χ0v) is 18.0. The number of hydrogen-bond donors (Lipinski definition) is 1. The van der Waals surface area contributed by atoms with Crippen molar-refractivity contribution in [1.82, 2.24) is 14.9 Å². The summed E-state index contributed by atoms with van der Waals surface area (Å²) < 4.78 is 11.7. The molecule has 9 heteroatoms. The predicted molar refractivity (Wildman–Crippen MR) is 114 cm³/mol. The van der Waals surface area contributed by atoms with Gasteiger partial charge in [-0.1, -0.05) is 6.07 Å². The second kappa shape index (κ2) is 6.95. The van der Waals surface area contributed by atoms with E-state index < -0.39 is 5.60 Å². The van der Waals surface area contributed by atoms with E-state index in [9.17, 15) is 9.90 Å². The SMILES string of the molecule is CC(C)(C)OC(=O)N1C2CC1CN(c1nc3c(CO)ccc(-c4nccs4)c3o1)C2. The minimum absolute atomic E-state index is 0.0874. The molecule has 0 radical (unpaired) electrons. The zero-order chi connectivity index (χ0) is 21.0. The van der Waals surface area contributed by atoms with E-state index in [1.54, 1.807) is 6.20 Å². The Kier molecular flexibility index (Phi) is 4.48. The Hall–Kier alpha value is -2.65. The molecule has 3 aromatic rings. The van der Waals surface area contributed by atoms with Crippen molar-refractivity contribution in [2.24, 2.45) is 0 Å². The number of benzene rings is 1. The van der Waals surface area contributed by atoms with Crippen LogP contribution in [0.5, 0.6) is 0 Å². The second-order valence-electron chi connectivity index (χ2n) is 8.78. The number of piperidine rings is 1. The van der Waals surface area contributed by atoms with Crippen molar-refractivity contribution in [3.8, 4) is 10.6 Å². The lowest BCUT2D eigenvalue weighted by molar-refractivity contribution is -0.0386. The molecule has 3 aliphatic heterocycles. The third kappa shape index (κ3) is 3.22. The van der Waals surface area contributed by atoms with Crippen molar-refractivity contribution in [3.63, 3.8) is 0 Å². The summed E-state index contributed by atoms with van der Waals surface area (Å²) in [6.45, 7) is 6.81. The van der Waals surface area contributed by atoms with Crippen LogP contribution in [-0.4, -0.2) is 56.8 Å². The fourth-order valence-electron chi connectivity index (χ4n) is 4.21. The first-order chi connectivity index (χ1) is 14.3. The van der Waals surface area contributed by atoms with Gasteiger partial charge in [0.15, 0.2) is 5.58 Å². The Morgan fingerprint density at radius 3 is 2.73 bits per heavy atom. The fraction of sp³-hybridized carbons (Fsp3) is 0.476. The molecule has 1 N–H and O–H groups in total. The average Bonchev–Trinajstić information content (AvgIpc) is 3.36. The van der Waals surface area contributed by atoms with Gasteiger partial charge in [0.2, 0.25) is 0 Å². The summed E-state index contributed by atoms with van der Waals surface area (Å²) >= 11 is 1.53. The van der Waals surface area contributed by atoms with E-state index in [4.69, 9.17) is 14.1 Å². The molecule has 6 rings (SSSR count). The first kappa shape index (κ1) is 19.3. The standard InChI is InChI=1S/C21H24N4O4S/c1-21(2,3)29-20(27)25-13-8-14(25)10-24(9-13)19-23-16-12(11-26)4-5-15(17(16)28-19)18-22-6-7-30-18/h4-7,13-14,26H,8-11H2,1-3H3. The van der Waals surface area contributed by atoms with Gasteiger partial charge in [-0.3, -0.25) is 4.90 Å². The third-order valence-electron chi connectivity index (χ3n) is 5.52. The number of amides is 1. The number of rotatable bonds is 3. The highest BCUT2D eigenvalue weighted by Gasteiger charge is 2.49. The minimum Gasteiger partial charge on any atom is -0.444 e. The summed E-state index contributed by atoms with van der Waals surface area (Å²) in [6, 6.07) is 4.47. The molecule has 2 atom stereocenters. The van der Waals surface area contributed by atoms with Crippen molar-refractivity contribution < 1.29 is 19.1 Å². The number of aliphatic hydroxyl groups is 1. The summed E-state index contributed by atoms with van der Waals surface area (Å²) in [6.07, 6.45) is 2.46. The molecule has 1 aromatic carbocycles. The quantitative estimate of drug-likeness (QED) is 0.681. The molecule has 1 amide bonds. The summed E-state index contributed by atoms with van der Waals surface area (Å²) in [5.41, 5.74) is 2.37. The van der Waals surface area contributed by atoms with E-state index >= 15 is 0 Å². The highest BCUT2D eigenvalue weighted by molar-refractivity contribution is 7.13. The van der Waals surface area contributed by atoms with E-state index in [0.717, 1.165) is 22.6 Å². The highest BCUT2D eigenvalue weighted by atomic mass is 32.1. The molecule has 0 spiro atoms. The zero-order valence-electron chi connectivity index (χ0n) is 17.2. The van der Waals surface area contributed by atoms with Gasteiger partial charge in [0.05, 0.1) is 24.3 Å². The van der Waals surface area contributed by atoms with E-state index in [0.29, 0.717) is 30.2 Å². The number of anilines is 1. The van der Waals surface area contributed by atoms with Crippen molar-refractivity contribution in [1.29, 1.82) is 0 Å². The number of carbonyl (C=O) groups is 1. The third-order valence-corrected chi connectivity index (χ3v) is 6.32. The van der Waals surface area contributed by atoms with Crippen LogP contribution in [-0.2, 0) is 11.3 Å². The number of thiazole rings is 1. The van der Waals surface area contributed by atoms with Gasteiger partial charge in [0.1, 0.15) is 16.1 Å². The van der Waals surface area contributed by atoms with Gasteiger partial charge in [0.25, 0.3) is 6.01 Å². The van der Waals surface area contributed by atoms with Gasteiger partial charge in [-0.25, -0.2) is 9.78 Å². The van der Waals surface area contributed by atoms with Crippen LogP contribution in [0.1, 0.15) is 32.8 Å². The minimum atomic E-state index is -0.506. The number of fused-ring (bicyclic) bond motifs is 3. The Bertz CT molecular complexity index is 1080. The van der Waals surface area contributed by atoms with Crippen molar-refractivity contribution in [2.75, 3.05) is 18.0 Å². The number of carbonyl (C=O) groups excluding carboxylic acids is 1. The van der Waals surface area contributed by atoms with Crippen molar-refractivity contribution in [3.05, 3.63) is 29.3 Å². The Balaban J connectivity index is 1.42. The normalized spacial score (nSPS) is 21.1. The molecule has 3 saturated heterocycles. The maximum atomic E-state index is 12.5. The summed E-state index contributed by atoms with van der Waals surface area (Å²) in [4.78, 5) is 25.5. The summed E-state index contributed by atoms with van der Waals surface area (Å²) in [5.74, 6) is 0. The van der Waals surface area contributed by atoms with Gasteiger partial charge < -0.3 is 19.2 Å². The topological polar surface area (TPSA) is 91.9 Å². The molecule has 0 saturated carbocycles. The maximum Gasteiger partial charge on any atom is 0.410 e. The van der Waals surface area contributed by atoms with Crippen LogP contribution in [0, 0.1) is 0 Å². The molecule has 3 aliphatic rings. The molecule has 2 bridgehead atoms. The molecule has 5 heterocycles. The Morgan fingerprint density at radius 1 is 1.33 bits per heavy atom. The number of nitrogens with zero attached hydrogens (tertiary/aromatic N) is 4. The van der Waals surface area contributed by atoms with E-state index in [-0.39, 0.29) is 24.8 Å². The largest absolute Gasteiger partial charge is 0.444 e. The fourth-order valence-corrected chi connectivity index (χ4v) is 4.87. The molecule has 158 valence electrons. The van der Waals surface area contributed by atoms with Crippen LogP contribution in [0.25, 0.3) is 21.7 Å². The Morgan fingerprint density at radius 2 is 2.10 bits per heavy atom. The molecule has 3 fully saturated rings. The molecule has 30 heavy (non-hydrogen) atoms. The predicted octanol–water partition coefficient (Wildman–Crippen LogP) is 3.64. The van der Waals surface area contributed by atoms with Crippen molar-refractivity contribution in [2.45, 2.75) is 51.5 Å². The number of piperazine rings is 1. The Labute approximate surface area is 178 Å². The summed E-state index contributed by atoms with van der Waals surface area (Å²) in [5, 5.41) is 12.5. The monoisotopic (exact) mass is 428 g/mol. The van der Waals surface area contributed by atoms with Crippen LogP contribution in [0.15, 0.2) is 28.1 Å². The number of hydrogen-bond acceptors (Lipinski definition) is 8. The lowest BCUT2D eigenvalue weighted by Gasteiger charge is -2.55. The van der Waals surface area contributed by atoms with Crippen molar-refractivity contribution >= 4 is 34.5 Å². The van der Waals surface area contributed by atoms with Crippen LogP contribution >= 0.6 is 11.3 Å². The van der Waals surface area contributed by atoms with Gasteiger partial charge in [-0.05, 0) is 33.3 Å². The molecule has 0 aliphatic carbocycles. The number of aliphatic hydroxyl groups excluding tert-OH is 1. The van der Waals surface area contributed by atoms with Gasteiger partial charge >= 0.3 is 6.09 Å². The van der Waals surface area contributed by atoms with Crippen LogP contribution in [0.2, 0.25) is 0 Å². The van der Waals surface area contributed by atoms with E-state index in [2.05, 4.69) is 9.88 Å². The molecule has 2 unspecified atom stereocenters. The molecular formula is C21H24N4O4S. The van der Waals surface area contributed by atoms with Gasteiger partial charge in [-0.2, -0.15) is 4.98 Å². The van der Waals surface area contributed by atoms with Crippen LogP contribution in [0.3, 0.4) is 0 Å². The smallest absolute Gasteiger partial charge is 0.410 e. The lowest BCUT2D eigenvalue weighted by atomic mass is 9.88. The lowest BCUT2D eigenvalue weighted by Crippen LogP contribution is -2.70. The maximum absolute atomic E-state index is 12.5. The van der Waals surface area contributed by atoms with Gasteiger partial charge in [0, 0.05) is 30.2 Å². The van der Waals surface area contributed by atoms with E-state index in [1.807, 2.05) is 43.2 Å². The molecular weight excluding hydrogens is 404 g/mol. The van der Waals surface area contributed by atoms with Crippen LogP contribution in [0.4, 0.5) is 10.8 Å². The van der Waals surface area contributed by atoms with Gasteiger partial charge in [-0.15, -0.1) is 11.3 Å². The summed E-state index contributed by atoms with van der Waals surface area (Å²) in [7, 11) is 0.